The summed E-state index contributed by atoms with van der Waals surface area (Å²) in [4.78, 5) is 12.6. The molecule has 0 saturated heterocycles. The zero-order chi connectivity index (χ0) is 13.8. The number of nitrogens with one attached hydrogen (secondary N) is 1. The van der Waals surface area contributed by atoms with Crippen LogP contribution >= 0.6 is 0 Å². The molecule has 0 fully saturated rings. The summed E-state index contributed by atoms with van der Waals surface area (Å²) in [5.41, 5.74) is 0. The molecule has 0 aliphatic heterocycles. The van der Waals surface area contributed by atoms with Gasteiger partial charge in [0.25, 0.3) is 11.7 Å². The van der Waals surface area contributed by atoms with Gasteiger partial charge >= 0.3 is 6.18 Å². The van der Waals surface area contributed by atoms with E-state index in [2.05, 4.69) is 20.6 Å². The SMILES string of the molecule is CCC(CC)N(CC(F)(F)F)C(=O)c1nn[nH]n1. The number of aromatic amines is 1. The molecule has 102 valence electrons. The lowest BCUT2D eigenvalue weighted by molar-refractivity contribution is -0.145. The second-order valence-corrected chi connectivity index (χ2v) is 3.75. The molecule has 0 spiro atoms. The molecule has 1 amide bonds. The first kappa shape index (κ1) is 14.4. The summed E-state index contributed by atoms with van der Waals surface area (Å²) in [6, 6.07) is -0.502. The molecule has 0 aromatic carbocycles. The van der Waals surface area contributed by atoms with E-state index in [0.29, 0.717) is 12.8 Å². The number of aromatic nitrogens is 4. The van der Waals surface area contributed by atoms with Crippen LogP contribution in [0.15, 0.2) is 0 Å². The van der Waals surface area contributed by atoms with Crippen molar-refractivity contribution in [2.75, 3.05) is 6.54 Å². The van der Waals surface area contributed by atoms with Crippen molar-refractivity contribution in [1.29, 1.82) is 0 Å². The van der Waals surface area contributed by atoms with Gasteiger partial charge in [-0.25, -0.2) is 0 Å². The van der Waals surface area contributed by atoms with Crippen LogP contribution in [-0.4, -0.2) is 50.2 Å². The molecule has 0 unspecified atom stereocenters. The summed E-state index contributed by atoms with van der Waals surface area (Å²) in [6.07, 6.45) is -3.60. The van der Waals surface area contributed by atoms with E-state index in [4.69, 9.17) is 0 Å². The maximum Gasteiger partial charge on any atom is 0.406 e. The summed E-state index contributed by atoms with van der Waals surface area (Å²) in [5.74, 6) is -1.22. The smallest absolute Gasteiger partial charge is 0.324 e. The number of amides is 1. The Morgan fingerprint density at radius 1 is 1.39 bits per heavy atom. The number of nitrogens with zero attached hydrogens (tertiary/aromatic N) is 4. The van der Waals surface area contributed by atoms with Gasteiger partial charge in [-0.3, -0.25) is 4.79 Å². The largest absolute Gasteiger partial charge is 0.406 e. The van der Waals surface area contributed by atoms with Gasteiger partial charge in [0, 0.05) is 6.04 Å². The van der Waals surface area contributed by atoms with Crippen LogP contribution in [0.3, 0.4) is 0 Å². The van der Waals surface area contributed by atoms with Gasteiger partial charge < -0.3 is 4.90 Å². The highest BCUT2D eigenvalue weighted by atomic mass is 19.4. The predicted molar refractivity (Wildman–Crippen MR) is 55.6 cm³/mol. The van der Waals surface area contributed by atoms with E-state index in [9.17, 15) is 18.0 Å². The molecular formula is C9H14F3N5O. The minimum absolute atomic E-state index is 0.355. The Hall–Kier alpha value is -1.67. The third-order valence-electron chi connectivity index (χ3n) is 2.53. The molecule has 18 heavy (non-hydrogen) atoms. The number of halogens is 3. The number of carbonyl (C=O) groups is 1. The van der Waals surface area contributed by atoms with Gasteiger partial charge in [0.1, 0.15) is 6.54 Å². The summed E-state index contributed by atoms with van der Waals surface area (Å²) < 4.78 is 37.4. The summed E-state index contributed by atoms with van der Waals surface area (Å²) in [6.45, 7) is 2.13. The molecule has 1 N–H and O–H groups in total. The lowest BCUT2D eigenvalue weighted by Gasteiger charge is -2.30. The van der Waals surface area contributed by atoms with E-state index in [1.54, 1.807) is 13.8 Å². The topological polar surface area (TPSA) is 74.8 Å². The van der Waals surface area contributed by atoms with Crippen molar-refractivity contribution in [3.8, 4) is 0 Å². The van der Waals surface area contributed by atoms with Crippen LogP contribution in [0.1, 0.15) is 37.3 Å². The molecular weight excluding hydrogens is 251 g/mol. The molecule has 9 heteroatoms. The molecule has 1 aromatic heterocycles. The zero-order valence-corrected chi connectivity index (χ0v) is 10.0. The summed E-state index contributed by atoms with van der Waals surface area (Å²) >= 11 is 0. The van der Waals surface area contributed by atoms with Crippen LogP contribution in [0.5, 0.6) is 0 Å². The first-order valence-electron chi connectivity index (χ1n) is 5.50. The van der Waals surface area contributed by atoms with Gasteiger partial charge in [-0.2, -0.15) is 18.4 Å². The first-order chi connectivity index (χ1) is 8.39. The van der Waals surface area contributed by atoms with Gasteiger partial charge in [-0.05, 0) is 18.1 Å². The van der Waals surface area contributed by atoms with Crippen LogP contribution in [0.4, 0.5) is 13.2 Å². The predicted octanol–water partition coefficient (Wildman–Crippen LogP) is 1.39. The van der Waals surface area contributed by atoms with Gasteiger partial charge in [-0.15, -0.1) is 10.2 Å². The van der Waals surface area contributed by atoms with Gasteiger partial charge in [0.2, 0.25) is 0 Å². The molecule has 1 heterocycles. The van der Waals surface area contributed by atoms with E-state index >= 15 is 0 Å². The van der Waals surface area contributed by atoms with Crippen molar-refractivity contribution in [2.24, 2.45) is 0 Å². The summed E-state index contributed by atoms with van der Waals surface area (Å²) in [5, 5.41) is 12.0. The highest BCUT2D eigenvalue weighted by molar-refractivity contribution is 5.90. The number of alkyl halides is 3. The highest BCUT2D eigenvalue weighted by Crippen LogP contribution is 2.21. The monoisotopic (exact) mass is 265 g/mol. The number of rotatable bonds is 5. The normalized spacial score (nSPS) is 11.9. The lowest BCUT2D eigenvalue weighted by Crippen LogP contribution is -2.45. The molecule has 0 aliphatic rings. The third-order valence-corrected chi connectivity index (χ3v) is 2.53. The van der Waals surface area contributed by atoms with E-state index in [1.165, 1.54) is 0 Å². The van der Waals surface area contributed by atoms with Crippen LogP contribution in [0.2, 0.25) is 0 Å². The Bertz CT molecular complexity index is 374. The average Bonchev–Trinajstić information content (AvgIpc) is 2.80. The maximum absolute atomic E-state index is 12.5. The van der Waals surface area contributed by atoms with E-state index in [-0.39, 0.29) is 5.82 Å². The van der Waals surface area contributed by atoms with E-state index in [0.717, 1.165) is 4.90 Å². The second kappa shape index (κ2) is 5.78. The van der Waals surface area contributed by atoms with Crippen molar-refractivity contribution >= 4 is 5.91 Å². The highest BCUT2D eigenvalue weighted by Gasteiger charge is 2.37. The van der Waals surface area contributed by atoms with Crippen LogP contribution in [0.25, 0.3) is 0 Å². The van der Waals surface area contributed by atoms with Crippen molar-refractivity contribution in [2.45, 2.75) is 38.9 Å². The van der Waals surface area contributed by atoms with Gasteiger partial charge in [-0.1, -0.05) is 13.8 Å². The maximum atomic E-state index is 12.5. The number of H-pyrrole nitrogens is 1. The fourth-order valence-corrected chi connectivity index (χ4v) is 1.67. The molecule has 0 saturated carbocycles. The standard InChI is InChI=1S/C9H14F3N5O/c1-3-6(4-2)17(5-9(10,11)12)8(18)7-13-15-16-14-7/h6H,3-5H2,1-2H3,(H,13,14,15,16). The quantitative estimate of drug-likeness (QED) is 0.873. The minimum Gasteiger partial charge on any atom is -0.324 e. The number of hydrogen-bond donors (Lipinski definition) is 1. The average molecular weight is 265 g/mol. The third kappa shape index (κ3) is 3.67. The molecule has 1 aromatic rings. The molecule has 0 aliphatic carbocycles. The molecule has 0 radical (unpaired) electrons. The van der Waals surface area contributed by atoms with E-state index in [1.807, 2.05) is 0 Å². The number of hydrogen-bond acceptors (Lipinski definition) is 4. The zero-order valence-electron chi connectivity index (χ0n) is 10.0. The van der Waals surface area contributed by atoms with Crippen LogP contribution in [-0.2, 0) is 0 Å². The fraction of sp³-hybridized carbons (Fsp3) is 0.778. The molecule has 6 nitrogen and oxygen atoms in total. The van der Waals surface area contributed by atoms with Crippen LogP contribution < -0.4 is 0 Å². The first-order valence-corrected chi connectivity index (χ1v) is 5.50. The Balaban J connectivity index is 2.93. The Morgan fingerprint density at radius 3 is 2.39 bits per heavy atom. The van der Waals surface area contributed by atoms with Gasteiger partial charge in [0.15, 0.2) is 0 Å². The van der Waals surface area contributed by atoms with Crippen LogP contribution in [0, 0.1) is 0 Å². The van der Waals surface area contributed by atoms with Crippen molar-refractivity contribution in [3.63, 3.8) is 0 Å². The molecule has 0 atom stereocenters. The van der Waals surface area contributed by atoms with Gasteiger partial charge in [0.05, 0.1) is 0 Å². The molecule has 0 bridgehead atoms. The van der Waals surface area contributed by atoms with E-state index < -0.39 is 24.7 Å². The Labute approximate surface area is 102 Å². The Kier molecular flexibility index (Phi) is 4.62. The van der Waals surface area contributed by atoms with Crippen molar-refractivity contribution < 1.29 is 18.0 Å². The van der Waals surface area contributed by atoms with Crippen molar-refractivity contribution in [1.82, 2.24) is 25.5 Å². The fourth-order valence-electron chi connectivity index (χ4n) is 1.67. The Morgan fingerprint density at radius 2 is 2.00 bits per heavy atom. The van der Waals surface area contributed by atoms with Crippen molar-refractivity contribution in [3.05, 3.63) is 5.82 Å². The lowest BCUT2D eigenvalue weighted by atomic mass is 10.1. The number of carbonyl (C=O) groups excluding carboxylic acids is 1. The number of tetrazole rings is 1. The minimum atomic E-state index is -4.46. The second-order valence-electron chi connectivity index (χ2n) is 3.75. The summed E-state index contributed by atoms with van der Waals surface area (Å²) in [7, 11) is 0. The molecule has 1 rings (SSSR count).